The van der Waals surface area contributed by atoms with Crippen molar-refractivity contribution in [2.24, 2.45) is 0 Å². The molecular weight excluding hydrogens is 497 g/mol. The molecule has 1 saturated heterocycles. The molecule has 1 fully saturated rings. The summed E-state index contributed by atoms with van der Waals surface area (Å²) in [5.41, 5.74) is 9.84. The topological polar surface area (TPSA) is 113 Å². The number of halogens is 1. The number of benzene rings is 2. The van der Waals surface area contributed by atoms with E-state index in [-0.39, 0.29) is 6.61 Å². The Bertz CT molecular complexity index is 1600. The van der Waals surface area contributed by atoms with Crippen LogP contribution in [-0.4, -0.2) is 37.6 Å². The van der Waals surface area contributed by atoms with Crippen LogP contribution >= 0.6 is 0 Å². The maximum absolute atomic E-state index is 14.3. The maximum atomic E-state index is 14.3. The van der Waals surface area contributed by atoms with Crippen molar-refractivity contribution in [3.05, 3.63) is 84.6 Å². The number of aryl methyl sites for hydroxylation is 1. The van der Waals surface area contributed by atoms with E-state index in [1.54, 1.807) is 18.5 Å². The lowest BCUT2D eigenvalue weighted by atomic mass is 10.1. The Morgan fingerprint density at radius 3 is 2.59 bits per heavy atom. The van der Waals surface area contributed by atoms with E-state index in [1.807, 2.05) is 31.2 Å². The SMILES string of the molecule is Cc1ncc(COc2cc(F)cc(Oc3ccc(-c4cn([C@@H]5CCCNC5)c5ncnc(N)c45)cc3)c2)cn1. The van der Waals surface area contributed by atoms with Crippen LogP contribution in [0.2, 0.25) is 0 Å². The van der Waals surface area contributed by atoms with Crippen LogP contribution in [0.3, 0.4) is 0 Å². The Morgan fingerprint density at radius 1 is 1.03 bits per heavy atom. The van der Waals surface area contributed by atoms with Gasteiger partial charge >= 0.3 is 0 Å². The molecule has 0 aliphatic carbocycles. The number of hydrogen-bond acceptors (Lipinski definition) is 8. The molecule has 6 rings (SSSR count). The predicted octanol–water partition coefficient (Wildman–Crippen LogP) is 5.21. The zero-order valence-electron chi connectivity index (χ0n) is 21.5. The summed E-state index contributed by atoms with van der Waals surface area (Å²) in [5, 5.41) is 4.30. The normalized spacial score (nSPS) is 15.4. The van der Waals surface area contributed by atoms with Crippen molar-refractivity contribution in [1.29, 1.82) is 0 Å². The van der Waals surface area contributed by atoms with E-state index in [1.165, 1.54) is 18.5 Å². The van der Waals surface area contributed by atoms with Gasteiger partial charge in [0.25, 0.3) is 0 Å². The maximum Gasteiger partial charge on any atom is 0.146 e. The van der Waals surface area contributed by atoms with E-state index >= 15 is 0 Å². The Morgan fingerprint density at radius 2 is 1.82 bits per heavy atom. The second-order valence-corrected chi connectivity index (χ2v) is 9.58. The lowest BCUT2D eigenvalue weighted by Gasteiger charge is -2.24. The number of aromatic nitrogens is 5. The molecule has 0 unspecified atom stereocenters. The molecule has 39 heavy (non-hydrogen) atoms. The Balaban J connectivity index is 1.22. The number of anilines is 1. The van der Waals surface area contributed by atoms with Gasteiger partial charge in [-0.3, -0.25) is 0 Å². The molecule has 4 heterocycles. The summed E-state index contributed by atoms with van der Waals surface area (Å²) >= 11 is 0. The van der Waals surface area contributed by atoms with Crippen molar-refractivity contribution in [3.8, 4) is 28.4 Å². The van der Waals surface area contributed by atoms with Crippen molar-refractivity contribution in [1.82, 2.24) is 29.8 Å². The van der Waals surface area contributed by atoms with Crippen molar-refractivity contribution in [2.75, 3.05) is 18.8 Å². The summed E-state index contributed by atoms with van der Waals surface area (Å²) in [5.74, 6) is 1.91. The summed E-state index contributed by atoms with van der Waals surface area (Å²) in [6.45, 7) is 3.94. The predicted molar refractivity (Wildman–Crippen MR) is 146 cm³/mol. The van der Waals surface area contributed by atoms with Crippen molar-refractivity contribution in [2.45, 2.75) is 32.4 Å². The highest BCUT2D eigenvalue weighted by Crippen LogP contribution is 2.36. The van der Waals surface area contributed by atoms with E-state index in [9.17, 15) is 4.39 Å². The first-order chi connectivity index (χ1) is 19.0. The number of nitrogen functional groups attached to an aromatic ring is 1. The highest BCUT2D eigenvalue weighted by Gasteiger charge is 2.22. The molecule has 2 aromatic carbocycles. The molecule has 1 atom stereocenters. The third-order valence-electron chi connectivity index (χ3n) is 6.79. The molecule has 198 valence electrons. The molecule has 0 spiro atoms. The number of rotatable bonds is 7. The third-order valence-corrected chi connectivity index (χ3v) is 6.79. The van der Waals surface area contributed by atoms with Gasteiger partial charge in [0.1, 0.15) is 53.3 Å². The zero-order valence-corrected chi connectivity index (χ0v) is 21.5. The number of nitrogens with zero attached hydrogens (tertiary/aromatic N) is 5. The van der Waals surface area contributed by atoms with Crippen LogP contribution in [0.15, 0.2) is 67.4 Å². The number of hydrogen-bond donors (Lipinski definition) is 2. The third kappa shape index (κ3) is 5.37. The average Bonchev–Trinajstić information content (AvgIpc) is 3.34. The van der Waals surface area contributed by atoms with E-state index in [0.29, 0.717) is 34.9 Å². The van der Waals surface area contributed by atoms with Crippen LogP contribution in [0.25, 0.3) is 22.2 Å². The fourth-order valence-corrected chi connectivity index (χ4v) is 4.85. The van der Waals surface area contributed by atoms with Crippen molar-refractivity contribution in [3.63, 3.8) is 0 Å². The van der Waals surface area contributed by atoms with Gasteiger partial charge in [0.2, 0.25) is 0 Å². The van der Waals surface area contributed by atoms with Gasteiger partial charge < -0.3 is 25.1 Å². The lowest BCUT2D eigenvalue weighted by molar-refractivity contribution is 0.301. The molecule has 0 bridgehead atoms. The zero-order chi connectivity index (χ0) is 26.8. The molecule has 0 radical (unpaired) electrons. The van der Waals surface area contributed by atoms with Crippen LogP contribution in [0.5, 0.6) is 17.2 Å². The van der Waals surface area contributed by atoms with Crippen LogP contribution in [-0.2, 0) is 6.61 Å². The number of piperidine rings is 1. The minimum atomic E-state index is -0.459. The summed E-state index contributed by atoms with van der Waals surface area (Å²) in [4.78, 5) is 17.1. The summed E-state index contributed by atoms with van der Waals surface area (Å²) in [6.07, 6.45) is 9.17. The standard InChI is InChI=1S/C29H28FN7O2/c1-18-33-12-19(13-34-18)16-38-24-9-21(30)10-25(11-24)39-23-6-4-20(5-7-23)26-15-37(22-3-2-8-32-14-22)29-27(26)28(31)35-17-36-29/h4-7,9-13,15,17,22,32H,2-3,8,14,16H2,1H3,(H2,31,35,36)/t22-/m1/s1. The fourth-order valence-electron chi connectivity index (χ4n) is 4.85. The first-order valence-electron chi connectivity index (χ1n) is 12.8. The largest absolute Gasteiger partial charge is 0.489 e. The van der Waals surface area contributed by atoms with Gasteiger partial charge in [-0.1, -0.05) is 12.1 Å². The number of nitrogens with one attached hydrogen (secondary N) is 1. The fraction of sp³-hybridized carbons (Fsp3) is 0.241. The van der Waals surface area contributed by atoms with Crippen LogP contribution < -0.4 is 20.5 Å². The van der Waals surface area contributed by atoms with E-state index < -0.39 is 5.82 Å². The molecule has 0 saturated carbocycles. The number of ether oxygens (including phenoxy) is 2. The highest BCUT2D eigenvalue weighted by molar-refractivity contribution is 6.00. The van der Waals surface area contributed by atoms with Gasteiger partial charge in [0, 0.05) is 60.5 Å². The van der Waals surface area contributed by atoms with E-state index in [2.05, 4.69) is 36.0 Å². The Labute approximate surface area is 224 Å². The number of fused-ring (bicyclic) bond motifs is 1. The van der Waals surface area contributed by atoms with Gasteiger partial charge in [-0.15, -0.1) is 0 Å². The molecule has 9 nitrogen and oxygen atoms in total. The monoisotopic (exact) mass is 525 g/mol. The summed E-state index contributed by atoms with van der Waals surface area (Å²) < 4.78 is 28.2. The number of nitrogens with two attached hydrogens (primary N) is 1. The van der Waals surface area contributed by atoms with Crippen molar-refractivity contribution >= 4 is 16.9 Å². The van der Waals surface area contributed by atoms with Gasteiger partial charge in [-0.2, -0.15) is 0 Å². The van der Waals surface area contributed by atoms with Crippen LogP contribution in [0.1, 0.15) is 30.3 Å². The van der Waals surface area contributed by atoms with Crippen molar-refractivity contribution < 1.29 is 13.9 Å². The molecule has 0 amide bonds. The van der Waals surface area contributed by atoms with E-state index in [4.69, 9.17) is 15.2 Å². The van der Waals surface area contributed by atoms with Gasteiger partial charge in [0.15, 0.2) is 0 Å². The summed E-state index contributed by atoms with van der Waals surface area (Å²) in [7, 11) is 0. The Hall–Kier alpha value is -4.57. The minimum absolute atomic E-state index is 0.217. The summed E-state index contributed by atoms with van der Waals surface area (Å²) in [6, 6.07) is 12.2. The average molecular weight is 526 g/mol. The molecule has 1 aliphatic rings. The Kier molecular flexibility index (Phi) is 6.76. The van der Waals surface area contributed by atoms with E-state index in [0.717, 1.165) is 53.7 Å². The van der Waals surface area contributed by atoms with Crippen LogP contribution in [0.4, 0.5) is 10.2 Å². The smallest absolute Gasteiger partial charge is 0.146 e. The van der Waals surface area contributed by atoms with Gasteiger partial charge in [-0.05, 0) is 44.0 Å². The second-order valence-electron chi connectivity index (χ2n) is 9.58. The second kappa shape index (κ2) is 10.7. The van der Waals surface area contributed by atoms with Crippen LogP contribution in [0, 0.1) is 12.7 Å². The molecular formula is C29H28FN7O2. The molecule has 5 aromatic rings. The molecule has 3 aromatic heterocycles. The molecule has 10 heteroatoms. The first kappa shape index (κ1) is 24.7. The quantitative estimate of drug-likeness (QED) is 0.298. The van der Waals surface area contributed by atoms with Gasteiger partial charge in [0.05, 0.1) is 5.39 Å². The van der Waals surface area contributed by atoms with Gasteiger partial charge in [-0.25, -0.2) is 24.3 Å². The highest BCUT2D eigenvalue weighted by atomic mass is 19.1. The molecule has 3 N–H and O–H groups in total. The molecule has 1 aliphatic heterocycles. The lowest BCUT2D eigenvalue weighted by Crippen LogP contribution is -2.31. The minimum Gasteiger partial charge on any atom is -0.489 e. The first-order valence-corrected chi connectivity index (χ1v) is 12.8.